The Bertz CT molecular complexity index is 1310. The number of hydrogen-bond donors (Lipinski definition) is 1. The van der Waals surface area contributed by atoms with Crippen LogP contribution in [0.25, 0.3) is 22.7 Å². The summed E-state index contributed by atoms with van der Waals surface area (Å²) in [6.07, 6.45) is 2.69. The molecule has 0 atom stereocenters. The van der Waals surface area contributed by atoms with Crippen LogP contribution in [0.4, 0.5) is 0 Å². The van der Waals surface area contributed by atoms with Crippen LogP contribution in [0.5, 0.6) is 0 Å². The van der Waals surface area contributed by atoms with Gasteiger partial charge in [-0.2, -0.15) is 0 Å². The van der Waals surface area contributed by atoms with Gasteiger partial charge in [0.2, 0.25) is 11.8 Å². The average molecular weight is 473 g/mol. The van der Waals surface area contributed by atoms with Crippen molar-refractivity contribution in [1.82, 2.24) is 20.5 Å². The standard InChI is InChI=1S/C27H25ClN4O2/c1-27(2,16-23-31-32-26(34-23)19-6-4-3-5-7-19)30-25(33)22-15-14-21(17-8-9-17)24(29-22)18-10-12-20(28)13-11-18/h3-7,10-15,17H,8-9,16H2,1-2H3,(H,30,33). The topological polar surface area (TPSA) is 80.9 Å². The first-order chi connectivity index (χ1) is 16.4. The molecular formula is C27H25ClN4O2. The zero-order valence-corrected chi connectivity index (χ0v) is 19.8. The summed E-state index contributed by atoms with van der Waals surface area (Å²) in [5.74, 6) is 1.18. The number of benzene rings is 2. The zero-order valence-electron chi connectivity index (χ0n) is 19.1. The van der Waals surface area contributed by atoms with E-state index >= 15 is 0 Å². The third-order valence-corrected chi connectivity index (χ3v) is 6.08. The summed E-state index contributed by atoms with van der Waals surface area (Å²) in [6.45, 7) is 3.85. The van der Waals surface area contributed by atoms with Crippen molar-refractivity contribution in [3.63, 3.8) is 0 Å². The monoisotopic (exact) mass is 472 g/mol. The predicted molar refractivity (Wildman–Crippen MR) is 132 cm³/mol. The number of halogens is 1. The van der Waals surface area contributed by atoms with Crippen LogP contribution in [-0.2, 0) is 6.42 Å². The molecule has 7 heteroatoms. The van der Waals surface area contributed by atoms with Gasteiger partial charge in [-0.1, -0.05) is 48.0 Å². The summed E-state index contributed by atoms with van der Waals surface area (Å²) in [5, 5.41) is 12.0. The minimum atomic E-state index is -0.616. The molecular weight excluding hydrogens is 448 g/mol. The molecule has 1 N–H and O–H groups in total. The van der Waals surface area contributed by atoms with Crippen molar-refractivity contribution in [2.75, 3.05) is 0 Å². The van der Waals surface area contributed by atoms with Crippen LogP contribution in [0.1, 0.15) is 54.5 Å². The van der Waals surface area contributed by atoms with E-state index in [1.165, 1.54) is 5.56 Å². The van der Waals surface area contributed by atoms with Crippen molar-refractivity contribution >= 4 is 17.5 Å². The van der Waals surface area contributed by atoms with Gasteiger partial charge in [-0.05, 0) is 68.5 Å². The van der Waals surface area contributed by atoms with Gasteiger partial charge in [0.25, 0.3) is 5.91 Å². The van der Waals surface area contributed by atoms with Crippen LogP contribution in [0, 0.1) is 0 Å². The molecule has 4 aromatic rings. The van der Waals surface area contributed by atoms with Crippen molar-refractivity contribution in [1.29, 1.82) is 0 Å². The predicted octanol–water partition coefficient (Wildman–Crippen LogP) is 6.08. The molecule has 1 fully saturated rings. The van der Waals surface area contributed by atoms with E-state index in [-0.39, 0.29) is 5.91 Å². The average Bonchev–Trinajstić information content (AvgIpc) is 3.58. The Balaban J connectivity index is 1.34. The van der Waals surface area contributed by atoms with Crippen LogP contribution in [0.3, 0.4) is 0 Å². The van der Waals surface area contributed by atoms with Gasteiger partial charge < -0.3 is 9.73 Å². The van der Waals surface area contributed by atoms with E-state index in [4.69, 9.17) is 21.0 Å². The van der Waals surface area contributed by atoms with Crippen LogP contribution in [-0.4, -0.2) is 26.6 Å². The Labute approximate surface area is 203 Å². The Morgan fingerprint density at radius 2 is 1.74 bits per heavy atom. The van der Waals surface area contributed by atoms with Gasteiger partial charge in [0.15, 0.2) is 0 Å². The van der Waals surface area contributed by atoms with E-state index in [1.54, 1.807) is 6.07 Å². The number of carbonyl (C=O) groups excluding carboxylic acids is 1. The lowest BCUT2D eigenvalue weighted by molar-refractivity contribution is 0.0905. The summed E-state index contributed by atoms with van der Waals surface area (Å²) in [5.41, 5.74) is 3.59. The van der Waals surface area contributed by atoms with Crippen molar-refractivity contribution in [2.24, 2.45) is 0 Å². The van der Waals surface area contributed by atoms with Gasteiger partial charge >= 0.3 is 0 Å². The van der Waals surface area contributed by atoms with Crippen molar-refractivity contribution in [3.05, 3.63) is 88.9 Å². The summed E-state index contributed by atoms with van der Waals surface area (Å²) in [7, 11) is 0. The molecule has 2 heterocycles. The molecule has 6 nitrogen and oxygen atoms in total. The van der Waals surface area contributed by atoms with E-state index in [9.17, 15) is 4.79 Å². The lowest BCUT2D eigenvalue weighted by Gasteiger charge is -2.24. The normalized spacial score (nSPS) is 13.6. The van der Waals surface area contributed by atoms with Gasteiger partial charge in [0, 0.05) is 28.1 Å². The third kappa shape index (κ3) is 5.02. The molecule has 1 aliphatic rings. The highest BCUT2D eigenvalue weighted by atomic mass is 35.5. The maximum Gasteiger partial charge on any atom is 0.270 e. The van der Waals surface area contributed by atoms with Crippen molar-refractivity contribution in [3.8, 4) is 22.7 Å². The van der Waals surface area contributed by atoms with Gasteiger partial charge in [0.1, 0.15) is 5.69 Å². The van der Waals surface area contributed by atoms with Crippen LogP contribution >= 0.6 is 11.6 Å². The molecule has 5 rings (SSSR count). The van der Waals surface area contributed by atoms with E-state index in [0.29, 0.717) is 34.8 Å². The van der Waals surface area contributed by atoms with E-state index in [1.807, 2.05) is 74.5 Å². The van der Waals surface area contributed by atoms with Gasteiger partial charge in [0.05, 0.1) is 5.69 Å². The second-order valence-corrected chi connectivity index (χ2v) is 9.73. The molecule has 0 radical (unpaired) electrons. The SMILES string of the molecule is CC(C)(Cc1nnc(-c2ccccc2)o1)NC(=O)c1ccc(C2CC2)c(-c2ccc(Cl)cc2)n1. The maximum absolute atomic E-state index is 13.2. The van der Waals surface area contributed by atoms with Crippen LogP contribution in [0.15, 0.2) is 71.1 Å². The van der Waals surface area contributed by atoms with Gasteiger partial charge in [-0.3, -0.25) is 4.79 Å². The fourth-order valence-corrected chi connectivity index (χ4v) is 4.10. The number of aromatic nitrogens is 3. The van der Waals surface area contributed by atoms with E-state index < -0.39 is 5.54 Å². The number of rotatable bonds is 7. The number of nitrogens with one attached hydrogen (secondary N) is 1. The second kappa shape index (κ2) is 9.03. The number of amides is 1. The lowest BCUT2D eigenvalue weighted by Crippen LogP contribution is -2.45. The Hall–Kier alpha value is -3.51. The first-order valence-corrected chi connectivity index (χ1v) is 11.7. The smallest absolute Gasteiger partial charge is 0.270 e. The number of pyridine rings is 1. The quantitative estimate of drug-likeness (QED) is 0.352. The first kappa shape index (κ1) is 22.3. The fourth-order valence-electron chi connectivity index (χ4n) is 3.98. The molecule has 0 bridgehead atoms. The van der Waals surface area contributed by atoms with Crippen molar-refractivity contribution in [2.45, 2.75) is 44.6 Å². The van der Waals surface area contributed by atoms with Gasteiger partial charge in [-0.15, -0.1) is 10.2 Å². The van der Waals surface area contributed by atoms with Crippen LogP contribution < -0.4 is 5.32 Å². The molecule has 2 aromatic heterocycles. The zero-order chi connectivity index (χ0) is 23.7. The lowest BCUT2D eigenvalue weighted by atomic mass is 9.99. The summed E-state index contributed by atoms with van der Waals surface area (Å²) >= 11 is 6.07. The molecule has 172 valence electrons. The van der Waals surface area contributed by atoms with Gasteiger partial charge in [-0.25, -0.2) is 4.98 Å². The molecule has 0 spiro atoms. The molecule has 0 saturated heterocycles. The number of carbonyl (C=O) groups is 1. The molecule has 34 heavy (non-hydrogen) atoms. The molecule has 2 aromatic carbocycles. The van der Waals surface area contributed by atoms with Crippen molar-refractivity contribution < 1.29 is 9.21 Å². The van der Waals surface area contributed by atoms with E-state index in [0.717, 1.165) is 29.7 Å². The Kier molecular flexibility index (Phi) is 5.92. The second-order valence-electron chi connectivity index (χ2n) is 9.30. The molecule has 1 aliphatic carbocycles. The van der Waals surface area contributed by atoms with Crippen LogP contribution in [0.2, 0.25) is 5.02 Å². The summed E-state index contributed by atoms with van der Waals surface area (Å²) in [4.78, 5) is 17.9. The minimum absolute atomic E-state index is 0.245. The largest absolute Gasteiger partial charge is 0.421 e. The fraction of sp³-hybridized carbons (Fsp3) is 0.259. The Morgan fingerprint density at radius 3 is 2.44 bits per heavy atom. The highest BCUT2D eigenvalue weighted by Gasteiger charge is 2.29. The molecule has 1 amide bonds. The number of hydrogen-bond acceptors (Lipinski definition) is 5. The van der Waals surface area contributed by atoms with E-state index in [2.05, 4.69) is 15.5 Å². The molecule has 1 saturated carbocycles. The Morgan fingerprint density at radius 1 is 1.00 bits per heavy atom. The summed E-state index contributed by atoms with van der Waals surface area (Å²) < 4.78 is 5.83. The first-order valence-electron chi connectivity index (χ1n) is 11.4. The minimum Gasteiger partial charge on any atom is -0.421 e. The summed E-state index contributed by atoms with van der Waals surface area (Å²) in [6, 6.07) is 21.0. The maximum atomic E-state index is 13.2. The molecule has 0 unspecified atom stereocenters. The molecule has 0 aliphatic heterocycles. The number of nitrogens with zero attached hydrogens (tertiary/aromatic N) is 3. The third-order valence-electron chi connectivity index (χ3n) is 5.83. The highest BCUT2D eigenvalue weighted by molar-refractivity contribution is 6.30. The highest BCUT2D eigenvalue weighted by Crippen LogP contribution is 2.44.